The number of fused-ring (bicyclic) bond motifs is 3. The first-order valence-electron chi connectivity index (χ1n) is 14.4. The van der Waals surface area contributed by atoms with Crippen LogP contribution in [0.15, 0.2) is 24.3 Å². The van der Waals surface area contributed by atoms with Crippen molar-refractivity contribution in [2.75, 3.05) is 0 Å². The highest BCUT2D eigenvalue weighted by atomic mass is 14.5. The fourth-order valence-electron chi connectivity index (χ4n) is 7.31. The van der Waals surface area contributed by atoms with Crippen molar-refractivity contribution >= 4 is 0 Å². The lowest BCUT2D eigenvalue weighted by molar-refractivity contribution is 0.0319. The number of aryl methyl sites for hydroxylation is 3. The Morgan fingerprint density at radius 1 is 0.579 bits per heavy atom. The molecule has 0 amide bonds. The minimum Gasteiger partial charge on any atom is -0.192 e. The smallest absolute Gasteiger partial charge is 0.101 e. The first-order chi connectivity index (χ1) is 18.5. The van der Waals surface area contributed by atoms with E-state index in [2.05, 4.69) is 44.2 Å². The molecule has 3 saturated carbocycles. The molecular weight excluding hydrogens is 464 g/mol. The molecule has 4 heteroatoms. The minimum absolute atomic E-state index is 0.0218. The maximum Gasteiger partial charge on any atom is 0.101 e. The molecular formula is C34H38N4. The highest BCUT2D eigenvalue weighted by molar-refractivity contribution is 5.58. The van der Waals surface area contributed by atoms with Crippen molar-refractivity contribution < 1.29 is 0 Å². The summed E-state index contributed by atoms with van der Waals surface area (Å²) in [5.41, 5.74) is 6.21. The molecule has 0 saturated heterocycles. The summed E-state index contributed by atoms with van der Waals surface area (Å²) in [7, 11) is 0. The lowest BCUT2D eigenvalue weighted by Crippen LogP contribution is -2.44. The monoisotopic (exact) mass is 502 g/mol. The van der Waals surface area contributed by atoms with E-state index in [1.54, 1.807) is 0 Å². The lowest BCUT2D eigenvalue weighted by Gasteiger charge is -2.54. The molecule has 0 radical (unpaired) electrons. The van der Waals surface area contributed by atoms with E-state index in [0.29, 0.717) is 40.5 Å². The van der Waals surface area contributed by atoms with Crippen LogP contribution in [0.4, 0.5) is 0 Å². The van der Waals surface area contributed by atoms with E-state index in [-0.39, 0.29) is 5.41 Å². The van der Waals surface area contributed by atoms with Crippen LogP contribution in [0, 0.1) is 50.7 Å². The van der Waals surface area contributed by atoms with Crippen molar-refractivity contribution in [2.45, 2.75) is 109 Å². The van der Waals surface area contributed by atoms with Crippen LogP contribution in [0.1, 0.15) is 129 Å². The van der Waals surface area contributed by atoms with Gasteiger partial charge in [0, 0.05) is 0 Å². The Morgan fingerprint density at radius 2 is 1.05 bits per heavy atom. The Morgan fingerprint density at radius 3 is 1.53 bits per heavy atom. The lowest BCUT2D eigenvalue weighted by atomic mass is 9.50. The topological polar surface area (TPSA) is 95.2 Å². The van der Waals surface area contributed by atoms with Gasteiger partial charge in [0.15, 0.2) is 0 Å². The normalized spacial score (nSPS) is 21.7. The summed E-state index contributed by atoms with van der Waals surface area (Å²) in [6, 6.07) is 17.4. The number of benzene rings is 2. The summed E-state index contributed by atoms with van der Waals surface area (Å²) in [4.78, 5) is 0. The zero-order valence-electron chi connectivity index (χ0n) is 23.0. The van der Waals surface area contributed by atoms with Crippen LogP contribution >= 0.6 is 0 Å². The Kier molecular flexibility index (Phi) is 8.55. The van der Waals surface area contributed by atoms with Crippen molar-refractivity contribution in [1.29, 1.82) is 21.0 Å². The van der Waals surface area contributed by atoms with E-state index in [9.17, 15) is 21.0 Å². The van der Waals surface area contributed by atoms with E-state index in [1.807, 2.05) is 18.2 Å². The van der Waals surface area contributed by atoms with Gasteiger partial charge in [-0.3, -0.25) is 0 Å². The second kappa shape index (κ2) is 11.8. The zero-order valence-corrected chi connectivity index (χ0v) is 23.0. The van der Waals surface area contributed by atoms with Gasteiger partial charge in [-0.1, -0.05) is 57.4 Å². The molecule has 4 nitrogen and oxygen atoms in total. The quantitative estimate of drug-likeness (QED) is 0.307. The van der Waals surface area contributed by atoms with Crippen LogP contribution in [0.5, 0.6) is 0 Å². The van der Waals surface area contributed by atoms with Crippen LogP contribution in [0.25, 0.3) is 0 Å². The second-order valence-electron chi connectivity index (χ2n) is 11.6. The van der Waals surface area contributed by atoms with Gasteiger partial charge >= 0.3 is 0 Å². The summed E-state index contributed by atoms with van der Waals surface area (Å²) < 4.78 is 0. The van der Waals surface area contributed by atoms with Gasteiger partial charge in [-0.2, -0.15) is 21.0 Å². The first-order valence-corrected chi connectivity index (χ1v) is 14.4. The summed E-state index contributed by atoms with van der Waals surface area (Å²) in [6.45, 7) is 4.43. The Bertz CT molecular complexity index is 1330. The molecule has 2 aromatic carbocycles. The number of nitriles is 4. The molecule has 3 aliphatic rings. The maximum absolute atomic E-state index is 10.2. The van der Waals surface area contributed by atoms with Crippen molar-refractivity contribution in [3.8, 4) is 24.3 Å². The molecule has 194 valence electrons. The van der Waals surface area contributed by atoms with Gasteiger partial charge < -0.3 is 0 Å². The zero-order chi connectivity index (χ0) is 27.2. The van der Waals surface area contributed by atoms with Gasteiger partial charge in [0.05, 0.1) is 22.3 Å². The number of hydrogen-bond donors (Lipinski definition) is 0. The van der Waals surface area contributed by atoms with Gasteiger partial charge in [-0.25, -0.2) is 0 Å². The fourth-order valence-corrected chi connectivity index (χ4v) is 7.31. The molecule has 3 aliphatic carbocycles. The molecule has 0 N–H and O–H groups in total. The molecule has 0 spiro atoms. The average molecular weight is 503 g/mol. The van der Waals surface area contributed by atoms with Crippen LogP contribution in [-0.4, -0.2) is 0 Å². The molecule has 2 aromatic rings. The third-order valence-corrected chi connectivity index (χ3v) is 9.58. The largest absolute Gasteiger partial charge is 0.192 e. The predicted octanol–water partition coefficient (Wildman–Crippen LogP) is 8.08. The van der Waals surface area contributed by atoms with Crippen molar-refractivity contribution in [3.63, 3.8) is 0 Å². The molecule has 38 heavy (non-hydrogen) atoms. The number of rotatable bonds is 10. The summed E-state index contributed by atoms with van der Waals surface area (Å²) in [6.07, 6.45) is 14.7. The van der Waals surface area contributed by atoms with E-state index in [4.69, 9.17) is 0 Å². The van der Waals surface area contributed by atoms with E-state index in [0.717, 1.165) is 67.2 Å². The minimum atomic E-state index is 0.0218. The molecule has 0 aliphatic heterocycles. The van der Waals surface area contributed by atoms with Crippen LogP contribution in [-0.2, 0) is 24.7 Å². The van der Waals surface area contributed by atoms with Crippen molar-refractivity contribution in [3.05, 3.63) is 68.8 Å². The van der Waals surface area contributed by atoms with Gasteiger partial charge in [0.25, 0.3) is 0 Å². The Hall–Kier alpha value is -3.60. The van der Waals surface area contributed by atoms with E-state index >= 15 is 0 Å². The number of unbranched alkanes of at least 4 members (excludes halogenated alkanes) is 2. The highest BCUT2D eigenvalue weighted by Gasteiger charge is 2.49. The summed E-state index contributed by atoms with van der Waals surface area (Å²) in [5, 5.41) is 40.1. The van der Waals surface area contributed by atoms with Gasteiger partial charge in [-0.05, 0) is 104 Å². The van der Waals surface area contributed by atoms with Gasteiger partial charge in [-0.15, -0.1) is 0 Å². The fraction of sp³-hybridized carbons (Fsp3) is 0.529. The first kappa shape index (κ1) is 27.4. The molecule has 0 unspecified atom stereocenters. The average Bonchev–Trinajstić information content (AvgIpc) is 2.96. The Balaban J connectivity index is 1.60. The molecule has 0 atom stereocenters. The molecule has 3 fully saturated rings. The summed E-state index contributed by atoms with van der Waals surface area (Å²) >= 11 is 0. The van der Waals surface area contributed by atoms with Crippen molar-refractivity contribution in [1.82, 2.24) is 0 Å². The highest BCUT2D eigenvalue weighted by Crippen LogP contribution is 2.60. The van der Waals surface area contributed by atoms with Crippen molar-refractivity contribution in [2.24, 2.45) is 5.41 Å². The number of hydrogen-bond acceptors (Lipinski definition) is 4. The van der Waals surface area contributed by atoms with E-state index < -0.39 is 0 Å². The molecule has 0 aromatic heterocycles. The van der Waals surface area contributed by atoms with Gasteiger partial charge in [0.1, 0.15) is 24.3 Å². The molecule has 0 heterocycles. The SMILES string of the molecule is CCCCCc1ccc(CCc2ccc(C34CCC(CCC)(CC3)CC4)c(C#N)c2C#N)c(C#N)c1C#N. The van der Waals surface area contributed by atoms with Gasteiger partial charge in [0.2, 0.25) is 0 Å². The molecule has 5 rings (SSSR count). The molecule has 2 bridgehead atoms. The predicted molar refractivity (Wildman–Crippen MR) is 149 cm³/mol. The van der Waals surface area contributed by atoms with Crippen LogP contribution in [0.2, 0.25) is 0 Å². The third kappa shape index (κ3) is 5.07. The number of nitrogens with zero attached hydrogens (tertiary/aromatic N) is 4. The standard InChI is InChI=1S/C34H38N4/c1-3-5-6-7-25-8-9-26(29(22-36)28(25)21-35)10-11-27-12-13-32(31(24-38)30(27)23-37)34-18-15-33(14-4-2,16-19-34)17-20-34/h8-9,12-13H,3-7,10-11,14-20H2,1-2H3. The van der Waals surface area contributed by atoms with Crippen LogP contribution in [0.3, 0.4) is 0 Å². The van der Waals surface area contributed by atoms with E-state index in [1.165, 1.54) is 32.1 Å². The van der Waals surface area contributed by atoms with Crippen LogP contribution < -0.4 is 0 Å². The second-order valence-corrected chi connectivity index (χ2v) is 11.6. The maximum atomic E-state index is 10.2. The third-order valence-electron chi connectivity index (χ3n) is 9.58. The Labute approximate surface area is 228 Å². The summed E-state index contributed by atoms with van der Waals surface area (Å²) in [5.74, 6) is 0.